The van der Waals surface area contributed by atoms with Gasteiger partial charge in [0.05, 0.1) is 0 Å². The van der Waals surface area contributed by atoms with E-state index in [9.17, 15) is 9.59 Å². The first-order chi connectivity index (χ1) is 9.15. The topological polar surface area (TPSA) is 75.4 Å². The molecule has 3 rings (SSSR count). The minimum absolute atomic E-state index is 0.000628. The van der Waals surface area contributed by atoms with Crippen LogP contribution in [0.1, 0.15) is 43.1 Å². The maximum atomic E-state index is 12.4. The summed E-state index contributed by atoms with van der Waals surface area (Å²) in [6.45, 7) is 1.54. The molecule has 2 bridgehead atoms. The van der Waals surface area contributed by atoms with Crippen LogP contribution >= 0.6 is 0 Å². The third-order valence-electron chi connectivity index (χ3n) is 4.03. The Morgan fingerprint density at radius 2 is 2.05 bits per heavy atom. The molecule has 6 heteroatoms. The molecule has 1 aromatic rings. The second-order valence-electron chi connectivity index (χ2n) is 5.34. The van der Waals surface area contributed by atoms with Crippen molar-refractivity contribution in [3.63, 3.8) is 0 Å². The van der Waals surface area contributed by atoms with Gasteiger partial charge < -0.3 is 14.6 Å². The van der Waals surface area contributed by atoms with Gasteiger partial charge in [0, 0.05) is 25.0 Å². The average molecular weight is 263 g/mol. The van der Waals surface area contributed by atoms with E-state index in [1.54, 1.807) is 0 Å². The van der Waals surface area contributed by atoms with Gasteiger partial charge in [-0.25, -0.2) is 4.98 Å². The number of rotatable bonds is 2. The lowest BCUT2D eigenvalue weighted by atomic mass is 9.97. The van der Waals surface area contributed by atoms with Crippen molar-refractivity contribution in [3.05, 3.63) is 18.4 Å². The number of hydrogen-bond donors (Lipinski definition) is 1. The summed E-state index contributed by atoms with van der Waals surface area (Å²) in [6.07, 6.45) is 6.34. The molecule has 0 aromatic carbocycles. The largest absolute Gasteiger partial charge is 0.451 e. The van der Waals surface area contributed by atoms with Crippen LogP contribution in [0.15, 0.2) is 17.1 Å². The lowest BCUT2D eigenvalue weighted by molar-refractivity contribution is -0.120. The first kappa shape index (κ1) is 12.2. The third kappa shape index (κ3) is 2.22. The van der Waals surface area contributed by atoms with E-state index >= 15 is 0 Å². The van der Waals surface area contributed by atoms with Gasteiger partial charge in [-0.2, -0.15) is 0 Å². The van der Waals surface area contributed by atoms with Crippen molar-refractivity contribution in [3.8, 4) is 0 Å². The molecule has 19 heavy (non-hydrogen) atoms. The molecule has 2 fully saturated rings. The lowest BCUT2D eigenvalue weighted by Crippen LogP contribution is -2.52. The fourth-order valence-corrected chi connectivity index (χ4v) is 3.36. The number of oxazole rings is 1. The van der Waals surface area contributed by atoms with E-state index in [0.29, 0.717) is 5.69 Å². The molecule has 2 aliphatic heterocycles. The van der Waals surface area contributed by atoms with Crippen molar-refractivity contribution in [2.75, 3.05) is 0 Å². The number of fused-ring (bicyclic) bond motifs is 2. The summed E-state index contributed by atoms with van der Waals surface area (Å²) >= 11 is 0. The van der Waals surface area contributed by atoms with Crippen LogP contribution < -0.4 is 5.32 Å². The van der Waals surface area contributed by atoms with Gasteiger partial charge >= 0.3 is 0 Å². The summed E-state index contributed by atoms with van der Waals surface area (Å²) in [5.74, 6) is -0.0526. The highest BCUT2D eigenvalue weighted by Crippen LogP contribution is 2.36. The summed E-state index contributed by atoms with van der Waals surface area (Å²) in [4.78, 5) is 29.4. The van der Waals surface area contributed by atoms with Crippen LogP contribution in [0.4, 0.5) is 0 Å². The normalized spacial score (nSPS) is 29.3. The summed E-state index contributed by atoms with van der Waals surface area (Å²) in [5, 5.41) is 2.97. The van der Waals surface area contributed by atoms with Crippen molar-refractivity contribution in [2.24, 2.45) is 0 Å². The molecule has 6 nitrogen and oxygen atoms in total. The van der Waals surface area contributed by atoms with Gasteiger partial charge in [0.2, 0.25) is 5.91 Å². The Morgan fingerprint density at radius 3 is 2.58 bits per heavy atom. The summed E-state index contributed by atoms with van der Waals surface area (Å²) in [5.41, 5.74) is 0.370. The molecule has 2 aliphatic rings. The molecule has 102 valence electrons. The van der Waals surface area contributed by atoms with Crippen LogP contribution in [0.25, 0.3) is 0 Å². The number of nitrogens with zero attached hydrogens (tertiary/aromatic N) is 2. The molecule has 0 saturated carbocycles. The van der Waals surface area contributed by atoms with Crippen LogP contribution in [0, 0.1) is 0 Å². The molecule has 0 spiro atoms. The highest BCUT2D eigenvalue weighted by molar-refractivity contribution is 5.92. The van der Waals surface area contributed by atoms with Crippen molar-refractivity contribution >= 4 is 11.8 Å². The van der Waals surface area contributed by atoms with Crippen LogP contribution in [0.2, 0.25) is 0 Å². The summed E-state index contributed by atoms with van der Waals surface area (Å²) in [6, 6.07) is 0.607. The maximum Gasteiger partial charge on any atom is 0.276 e. The van der Waals surface area contributed by atoms with E-state index in [1.807, 2.05) is 4.90 Å². The van der Waals surface area contributed by atoms with E-state index in [1.165, 1.54) is 19.6 Å². The second-order valence-corrected chi connectivity index (χ2v) is 5.34. The number of piperidine rings is 1. The first-order valence-electron chi connectivity index (χ1n) is 6.63. The molecule has 3 heterocycles. The Kier molecular flexibility index (Phi) is 3.00. The Bertz CT molecular complexity index is 471. The van der Waals surface area contributed by atoms with Gasteiger partial charge in [-0.15, -0.1) is 0 Å². The predicted octanol–water partition coefficient (Wildman–Crippen LogP) is 0.946. The summed E-state index contributed by atoms with van der Waals surface area (Å²) in [7, 11) is 0. The lowest BCUT2D eigenvalue weighted by Gasteiger charge is -2.38. The summed E-state index contributed by atoms with van der Waals surface area (Å²) < 4.78 is 4.88. The van der Waals surface area contributed by atoms with Crippen LogP contribution in [0.5, 0.6) is 0 Å². The van der Waals surface area contributed by atoms with E-state index < -0.39 is 0 Å². The molecule has 1 unspecified atom stereocenters. The molecule has 1 aromatic heterocycles. The van der Waals surface area contributed by atoms with E-state index in [2.05, 4.69) is 10.3 Å². The number of amides is 2. The minimum atomic E-state index is -0.0532. The average Bonchev–Trinajstić information content (AvgIpc) is 2.95. The van der Waals surface area contributed by atoms with Gasteiger partial charge in [-0.05, 0) is 25.7 Å². The van der Waals surface area contributed by atoms with Crippen LogP contribution in [-0.4, -0.2) is 39.8 Å². The molecule has 2 saturated heterocycles. The van der Waals surface area contributed by atoms with E-state index in [-0.39, 0.29) is 29.9 Å². The standard InChI is InChI=1S/C13H17N3O3/c1-8(17)15-9-4-10-2-3-11(5-9)16(10)13(18)12-6-19-7-14-12/h6-7,9-11H,2-5H2,1H3,(H,15,17)/t9?,10-,11+. The third-order valence-corrected chi connectivity index (χ3v) is 4.03. The number of aromatic nitrogens is 1. The highest BCUT2D eigenvalue weighted by Gasteiger charge is 2.44. The number of hydrogen-bond acceptors (Lipinski definition) is 4. The Labute approximate surface area is 111 Å². The first-order valence-corrected chi connectivity index (χ1v) is 6.63. The van der Waals surface area contributed by atoms with Crippen molar-refractivity contribution in [1.82, 2.24) is 15.2 Å². The molecule has 0 aliphatic carbocycles. The Hall–Kier alpha value is -1.85. The van der Waals surface area contributed by atoms with E-state index in [0.717, 1.165) is 25.7 Å². The Morgan fingerprint density at radius 1 is 1.37 bits per heavy atom. The molecular weight excluding hydrogens is 246 g/mol. The van der Waals surface area contributed by atoms with Crippen molar-refractivity contribution < 1.29 is 14.0 Å². The number of carbonyl (C=O) groups is 2. The fraction of sp³-hybridized carbons (Fsp3) is 0.615. The molecule has 1 N–H and O–H groups in total. The van der Waals surface area contributed by atoms with Gasteiger partial charge in [-0.3, -0.25) is 9.59 Å². The fourth-order valence-electron chi connectivity index (χ4n) is 3.36. The smallest absolute Gasteiger partial charge is 0.276 e. The zero-order valence-corrected chi connectivity index (χ0v) is 10.8. The van der Waals surface area contributed by atoms with Gasteiger partial charge in [-0.1, -0.05) is 0 Å². The SMILES string of the molecule is CC(=O)NC1C[C@H]2CC[C@@H](C1)N2C(=O)c1cocn1. The highest BCUT2D eigenvalue weighted by atomic mass is 16.3. The van der Waals surface area contributed by atoms with Crippen LogP contribution in [0.3, 0.4) is 0 Å². The zero-order chi connectivity index (χ0) is 13.4. The zero-order valence-electron chi connectivity index (χ0n) is 10.8. The van der Waals surface area contributed by atoms with Gasteiger partial charge in [0.25, 0.3) is 5.91 Å². The quantitative estimate of drug-likeness (QED) is 0.861. The molecule has 0 radical (unpaired) electrons. The van der Waals surface area contributed by atoms with Gasteiger partial charge in [0.15, 0.2) is 12.1 Å². The molecule has 2 amide bonds. The minimum Gasteiger partial charge on any atom is -0.451 e. The molecular formula is C13H17N3O3. The predicted molar refractivity (Wildman–Crippen MR) is 66.3 cm³/mol. The van der Waals surface area contributed by atoms with Crippen molar-refractivity contribution in [2.45, 2.75) is 50.7 Å². The van der Waals surface area contributed by atoms with Crippen LogP contribution in [-0.2, 0) is 4.79 Å². The van der Waals surface area contributed by atoms with Gasteiger partial charge in [0.1, 0.15) is 6.26 Å². The monoisotopic (exact) mass is 263 g/mol. The number of nitrogens with one attached hydrogen (secondary N) is 1. The van der Waals surface area contributed by atoms with E-state index in [4.69, 9.17) is 4.42 Å². The molecule has 3 atom stereocenters. The second kappa shape index (κ2) is 4.68. The van der Waals surface area contributed by atoms with Crippen molar-refractivity contribution in [1.29, 1.82) is 0 Å². The Balaban J connectivity index is 1.73. The maximum absolute atomic E-state index is 12.4. The number of carbonyl (C=O) groups excluding carboxylic acids is 2.